The van der Waals surface area contributed by atoms with Gasteiger partial charge in [0, 0.05) is 32.8 Å². The Balaban J connectivity index is 4.88. The monoisotopic (exact) mass is 322 g/mol. The Morgan fingerprint density at radius 1 is 0.800 bits per heavy atom. The standard InChI is InChI=1S/C13H34N2O3Si2/c1-8-14(9-2)13(15(10-3)11-4)19-12-20(16-5,17-6)18-7/h13H,8-12,19H2,1-7H3. The van der Waals surface area contributed by atoms with Gasteiger partial charge in [-0.1, -0.05) is 27.7 Å². The highest BCUT2D eigenvalue weighted by Gasteiger charge is 2.39. The molecule has 0 atom stereocenters. The molecule has 0 radical (unpaired) electrons. The van der Waals surface area contributed by atoms with Crippen LogP contribution in [-0.2, 0) is 13.3 Å². The van der Waals surface area contributed by atoms with Crippen molar-refractivity contribution in [2.45, 2.75) is 39.2 Å². The van der Waals surface area contributed by atoms with E-state index in [0.717, 1.165) is 31.8 Å². The molecule has 0 heterocycles. The zero-order valence-electron chi connectivity index (χ0n) is 14.4. The SMILES string of the molecule is CCN(CC)C([SiH2]C[Si](OC)(OC)OC)N(CC)CC. The Morgan fingerprint density at radius 2 is 1.15 bits per heavy atom. The normalized spacial score (nSPS) is 13.5. The van der Waals surface area contributed by atoms with Crippen molar-refractivity contribution in [3.05, 3.63) is 0 Å². The molecular weight excluding hydrogens is 288 g/mol. The third-order valence-corrected chi connectivity index (χ3v) is 11.1. The van der Waals surface area contributed by atoms with Crippen molar-refractivity contribution in [2.24, 2.45) is 0 Å². The van der Waals surface area contributed by atoms with E-state index in [0.29, 0.717) is 5.79 Å². The molecule has 0 spiro atoms. The van der Waals surface area contributed by atoms with Crippen molar-refractivity contribution >= 4 is 18.3 Å². The summed E-state index contributed by atoms with van der Waals surface area (Å²) in [5.74, 6) is 0.562. The second-order valence-electron chi connectivity index (χ2n) is 4.76. The molecule has 0 aromatic heterocycles. The van der Waals surface area contributed by atoms with E-state index in [1.54, 1.807) is 21.3 Å². The molecule has 0 amide bonds. The summed E-state index contributed by atoms with van der Waals surface area (Å²) in [6, 6.07) is 0. The van der Waals surface area contributed by atoms with Gasteiger partial charge in [-0.2, -0.15) is 0 Å². The number of nitrogens with zero attached hydrogens (tertiary/aromatic N) is 2. The Kier molecular flexibility index (Phi) is 11.0. The predicted molar refractivity (Wildman–Crippen MR) is 89.8 cm³/mol. The van der Waals surface area contributed by atoms with Crippen LogP contribution in [0.15, 0.2) is 0 Å². The van der Waals surface area contributed by atoms with Crippen LogP contribution in [-0.4, -0.2) is 81.4 Å². The predicted octanol–water partition coefficient (Wildman–Crippen LogP) is 0.958. The van der Waals surface area contributed by atoms with Crippen LogP contribution in [0.1, 0.15) is 27.7 Å². The highest BCUT2D eigenvalue weighted by atomic mass is 28.4. The van der Waals surface area contributed by atoms with Crippen molar-refractivity contribution in [1.29, 1.82) is 0 Å². The third kappa shape index (κ3) is 5.55. The quantitative estimate of drug-likeness (QED) is 0.395. The van der Waals surface area contributed by atoms with E-state index >= 15 is 0 Å². The average Bonchev–Trinajstić information content (AvgIpc) is 2.50. The molecule has 5 nitrogen and oxygen atoms in total. The Labute approximate surface area is 128 Å². The highest BCUT2D eigenvalue weighted by molar-refractivity contribution is 6.71. The van der Waals surface area contributed by atoms with Gasteiger partial charge >= 0.3 is 8.80 Å². The lowest BCUT2D eigenvalue weighted by Gasteiger charge is -2.39. The van der Waals surface area contributed by atoms with E-state index in [4.69, 9.17) is 13.3 Å². The van der Waals surface area contributed by atoms with E-state index in [-0.39, 0.29) is 0 Å². The van der Waals surface area contributed by atoms with Crippen LogP contribution in [0.4, 0.5) is 0 Å². The van der Waals surface area contributed by atoms with Gasteiger partial charge < -0.3 is 13.3 Å². The Morgan fingerprint density at radius 3 is 1.40 bits per heavy atom. The molecule has 0 N–H and O–H groups in total. The van der Waals surface area contributed by atoms with Gasteiger partial charge in [-0.15, -0.1) is 0 Å². The molecule has 0 aliphatic heterocycles. The van der Waals surface area contributed by atoms with Gasteiger partial charge in [0.1, 0.15) is 0 Å². The largest absolute Gasteiger partial charge is 0.496 e. The summed E-state index contributed by atoms with van der Waals surface area (Å²) in [5, 5.41) is 0. The summed E-state index contributed by atoms with van der Waals surface area (Å²) in [6.07, 6.45) is 0. The molecule has 0 bridgehead atoms. The molecule has 122 valence electrons. The summed E-state index contributed by atoms with van der Waals surface area (Å²) >= 11 is 0. The fraction of sp³-hybridized carbons (Fsp3) is 1.00. The van der Waals surface area contributed by atoms with E-state index in [9.17, 15) is 0 Å². The lowest BCUT2D eigenvalue weighted by atomic mass is 10.5. The van der Waals surface area contributed by atoms with Gasteiger partial charge in [0.15, 0.2) is 0 Å². The van der Waals surface area contributed by atoms with Crippen molar-refractivity contribution in [3.63, 3.8) is 0 Å². The van der Waals surface area contributed by atoms with Gasteiger partial charge in [-0.25, -0.2) is 0 Å². The highest BCUT2D eigenvalue weighted by Crippen LogP contribution is 2.15. The lowest BCUT2D eigenvalue weighted by molar-refractivity contribution is 0.110. The van der Waals surface area contributed by atoms with Gasteiger partial charge in [0.25, 0.3) is 0 Å². The topological polar surface area (TPSA) is 34.2 Å². The second-order valence-corrected chi connectivity index (χ2v) is 10.7. The van der Waals surface area contributed by atoms with Crippen LogP contribution in [0, 0.1) is 0 Å². The first-order chi connectivity index (χ1) is 9.57. The second kappa shape index (κ2) is 10.9. The van der Waals surface area contributed by atoms with E-state index in [2.05, 4.69) is 37.5 Å². The molecule has 20 heavy (non-hydrogen) atoms. The molecule has 0 saturated carbocycles. The minimum atomic E-state index is -2.41. The van der Waals surface area contributed by atoms with Crippen molar-refractivity contribution in [1.82, 2.24) is 9.80 Å². The van der Waals surface area contributed by atoms with E-state index in [1.165, 1.54) is 0 Å². The fourth-order valence-corrected chi connectivity index (χ4v) is 9.91. The maximum absolute atomic E-state index is 5.57. The van der Waals surface area contributed by atoms with Gasteiger partial charge in [-0.3, -0.25) is 9.80 Å². The summed E-state index contributed by atoms with van der Waals surface area (Å²) < 4.78 is 16.7. The number of hydrogen-bond donors (Lipinski definition) is 0. The molecule has 0 fully saturated rings. The van der Waals surface area contributed by atoms with Crippen LogP contribution in [0.5, 0.6) is 0 Å². The van der Waals surface area contributed by atoms with Gasteiger partial charge in [0.05, 0.1) is 9.52 Å². The molecule has 0 aromatic carbocycles. The molecule has 0 unspecified atom stereocenters. The smallest absolute Gasteiger partial charge is 0.377 e. The molecular formula is C13H34N2O3Si2. The Hall–Kier alpha value is 0.234. The molecule has 7 heteroatoms. The number of rotatable bonds is 12. The van der Waals surface area contributed by atoms with E-state index in [1.807, 2.05) is 0 Å². The summed E-state index contributed by atoms with van der Waals surface area (Å²) in [5.41, 5.74) is 0.980. The zero-order valence-corrected chi connectivity index (χ0v) is 16.9. The minimum absolute atomic E-state index is 0.412. The maximum Gasteiger partial charge on any atom is 0.496 e. The van der Waals surface area contributed by atoms with Crippen molar-refractivity contribution in [2.75, 3.05) is 47.5 Å². The maximum atomic E-state index is 5.57. The van der Waals surface area contributed by atoms with Crippen LogP contribution in [0.3, 0.4) is 0 Å². The first kappa shape index (κ1) is 20.2. The fourth-order valence-electron chi connectivity index (χ4n) is 2.75. The lowest BCUT2D eigenvalue weighted by Crippen LogP contribution is -2.55. The summed E-state index contributed by atoms with van der Waals surface area (Å²) in [6.45, 7) is 13.3. The molecule has 0 rings (SSSR count). The minimum Gasteiger partial charge on any atom is -0.377 e. The molecule has 0 aliphatic carbocycles. The van der Waals surface area contributed by atoms with Gasteiger partial charge in [0.2, 0.25) is 0 Å². The Bertz CT molecular complexity index is 215. The molecule has 0 saturated heterocycles. The first-order valence-electron chi connectivity index (χ1n) is 7.71. The summed E-state index contributed by atoms with van der Waals surface area (Å²) in [7, 11) is 2.29. The number of hydrogen-bond acceptors (Lipinski definition) is 5. The molecule has 0 aliphatic rings. The van der Waals surface area contributed by atoms with Gasteiger partial charge in [-0.05, 0) is 26.2 Å². The van der Waals surface area contributed by atoms with Crippen LogP contribution >= 0.6 is 0 Å². The average molecular weight is 323 g/mol. The first-order valence-corrected chi connectivity index (χ1v) is 11.5. The van der Waals surface area contributed by atoms with Crippen LogP contribution in [0.2, 0.25) is 5.67 Å². The van der Waals surface area contributed by atoms with Crippen molar-refractivity contribution < 1.29 is 13.3 Å². The molecule has 0 aromatic rings. The van der Waals surface area contributed by atoms with Crippen LogP contribution in [0.25, 0.3) is 0 Å². The third-order valence-electron chi connectivity index (χ3n) is 4.11. The zero-order chi connectivity index (χ0) is 15.6. The van der Waals surface area contributed by atoms with E-state index < -0.39 is 18.3 Å². The summed E-state index contributed by atoms with van der Waals surface area (Å²) in [4.78, 5) is 5.11. The van der Waals surface area contributed by atoms with Crippen LogP contribution < -0.4 is 0 Å². The van der Waals surface area contributed by atoms with Crippen molar-refractivity contribution in [3.8, 4) is 0 Å².